The zero-order chi connectivity index (χ0) is 14.9. The van der Waals surface area contributed by atoms with E-state index >= 15 is 0 Å². The number of hydrogen-bond acceptors (Lipinski definition) is 2. The molecule has 20 heavy (non-hydrogen) atoms. The molecule has 0 aliphatic rings. The number of anilines is 1. The van der Waals surface area contributed by atoms with E-state index in [-0.39, 0.29) is 11.2 Å². The Bertz CT molecular complexity index is 613. The Hall–Kier alpha value is -0.870. The van der Waals surface area contributed by atoms with Crippen molar-refractivity contribution in [3.63, 3.8) is 0 Å². The Morgan fingerprint density at radius 2 is 1.95 bits per heavy atom. The third-order valence-electron chi connectivity index (χ3n) is 3.12. The molecule has 1 aromatic carbocycles. The highest BCUT2D eigenvalue weighted by atomic mass is 79.9. The smallest absolute Gasteiger partial charge is 0.137 e. The summed E-state index contributed by atoms with van der Waals surface area (Å²) in [6.45, 7) is 9.33. The number of aryl methyl sites for hydroxylation is 1. The van der Waals surface area contributed by atoms with Crippen LogP contribution in [0, 0.1) is 12.7 Å². The first-order valence-corrected chi connectivity index (χ1v) is 8.17. The van der Waals surface area contributed by atoms with Crippen LogP contribution in [0.25, 0.3) is 0 Å². The van der Waals surface area contributed by atoms with Crippen LogP contribution in [0.5, 0.6) is 0 Å². The Morgan fingerprint density at radius 3 is 2.55 bits per heavy atom. The van der Waals surface area contributed by atoms with Crippen LogP contribution >= 0.6 is 27.3 Å². The van der Waals surface area contributed by atoms with Crippen molar-refractivity contribution in [2.24, 2.45) is 0 Å². The number of nitrogens with one attached hydrogen (secondary N) is 1. The standard InChI is InChI=1S/C16H19BrFNS/c1-10-7-13(18)12(17)8-14(10)19-9-11-5-6-15(20-11)16(2,3)4/h5-8,19H,9H2,1-4H3. The molecule has 0 amide bonds. The van der Waals surface area contributed by atoms with Crippen LogP contribution in [-0.2, 0) is 12.0 Å². The van der Waals surface area contributed by atoms with E-state index in [9.17, 15) is 4.39 Å². The van der Waals surface area contributed by atoms with E-state index in [1.54, 1.807) is 12.1 Å². The SMILES string of the molecule is Cc1cc(F)c(Br)cc1NCc1ccc(C(C)(C)C)s1. The lowest BCUT2D eigenvalue weighted by Crippen LogP contribution is -2.07. The van der Waals surface area contributed by atoms with Gasteiger partial charge in [0.05, 0.1) is 4.47 Å². The lowest BCUT2D eigenvalue weighted by atomic mass is 9.95. The average molecular weight is 356 g/mol. The molecule has 0 saturated heterocycles. The molecule has 0 aliphatic carbocycles. The minimum atomic E-state index is -0.223. The fourth-order valence-corrected chi connectivity index (χ4v) is 3.24. The van der Waals surface area contributed by atoms with E-state index in [0.29, 0.717) is 4.47 Å². The third-order valence-corrected chi connectivity index (χ3v) is 5.24. The molecule has 1 aromatic heterocycles. The highest BCUT2D eigenvalue weighted by Crippen LogP contribution is 2.30. The van der Waals surface area contributed by atoms with Crippen LogP contribution in [0.2, 0.25) is 0 Å². The number of rotatable bonds is 3. The van der Waals surface area contributed by atoms with Crippen LogP contribution in [0.3, 0.4) is 0 Å². The number of thiophene rings is 1. The second-order valence-electron chi connectivity index (χ2n) is 5.95. The molecule has 0 atom stereocenters. The molecule has 108 valence electrons. The van der Waals surface area contributed by atoms with Gasteiger partial charge in [0.15, 0.2) is 0 Å². The molecule has 0 spiro atoms. The van der Waals surface area contributed by atoms with Crippen molar-refractivity contribution < 1.29 is 4.39 Å². The normalized spacial score (nSPS) is 11.7. The summed E-state index contributed by atoms with van der Waals surface area (Å²) in [5.74, 6) is -0.223. The fraction of sp³-hybridized carbons (Fsp3) is 0.375. The Kier molecular flexibility index (Phi) is 4.55. The summed E-state index contributed by atoms with van der Waals surface area (Å²) in [7, 11) is 0. The summed E-state index contributed by atoms with van der Waals surface area (Å²) in [5, 5.41) is 3.38. The van der Waals surface area contributed by atoms with E-state index in [2.05, 4.69) is 54.2 Å². The average Bonchev–Trinajstić information content (AvgIpc) is 2.80. The molecule has 0 aliphatic heterocycles. The summed E-state index contributed by atoms with van der Waals surface area (Å²) in [6.07, 6.45) is 0. The molecule has 0 fully saturated rings. The molecule has 1 N–H and O–H groups in total. The lowest BCUT2D eigenvalue weighted by molar-refractivity contribution is 0.604. The Morgan fingerprint density at radius 1 is 1.25 bits per heavy atom. The minimum Gasteiger partial charge on any atom is -0.380 e. The molecule has 0 radical (unpaired) electrons. The van der Waals surface area contributed by atoms with Gasteiger partial charge < -0.3 is 5.32 Å². The summed E-state index contributed by atoms with van der Waals surface area (Å²) in [6, 6.07) is 7.69. The van der Waals surface area contributed by atoms with E-state index in [0.717, 1.165) is 17.8 Å². The maximum atomic E-state index is 13.4. The van der Waals surface area contributed by atoms with Gasteiger partial charge in [0.25, 0.3) is 0 Å². The van der Waals surface area contributed by atoms with Gasteiger partial charge in [-0.3, -0.25) is 0 Å². The third kappa shape index (κ3) is 3.61. The molecule has 4 heteroatoms. The van der Waals surface area contributed by atoms with Gasteiger partial charge in [-0.15, -0.1) is 11.3 Å². The van der Waals surface area contributed by atoms with Gasteiger partial charge in [0.2, 0.25) is 0 Å². The molecule has 0 unspecified atom stereocenters. The Labute approximate surface area is 132 Å². The maximum Gasteiger partial charge on any atom is 0.137 e. The van der Waals surface area contributed by atoms with Crippen LogP contribution in [-0.4, -0.2) is 0 Å². The van der Waals surface area contributed by atoms with Crippen molar-refractivity contribution in [1.29, 1.82) is 0 Å². The molecular weight excluding hydrogens is 337 g/mol. The van der Waals surface area contributed by atoms with Gasteiger partial charge >= 0.3 is 0 Å². The highest BCUT2D eigenvalue weighted by molar-refractivity contribution is 9.10. The number of halogens is 2. The van der Waals surface area contributed by atoms with Crippen LogP contribution in [0.15, 0.2) is 28.7 Å². The summed E-state index contributed by atoms with van der Waals surface area (Å²) < 4.78 is 13.9. The largest absolute Gasteiger partial charge is 0.380 e. The molecule has 2 aromatic rings. The van der Waals surface area contributed by atoms with Crippen molar-refractivity contribution in [3.8, 4) is 0 Å². The molecule has 1 heterocycles. The van der Waals surface area contributed by atoms with Crippen molar-refractivity contribution in [3.05, 3.63) is 49.9 Å². The van der Waals surface area contributed by atoms with Crippen LogP contribution in [0.1, 0.15) is 36.1 Å². The molecule has 0 saturated carbocycles. The number of hydrogen-bond donors (Lipinski definition) is 1. The van der Waals surface area contributed by atoms with Gasteiger partial charge in [0, 0.05) is 22.0 Å². The van der Waals surface area contributed by atoms with Crippen LogP contribution in [0.4, 0.5) is 10.1 Å². The van der Waals surface area contributed by atoms with Gasteiger partial charge in [-0.2, -0.15) is 0 Å². The van der Waals surface area contributed by atoms with Crippen molar-refractivity contribution in [2.75, 3.05) is 5.32 Å². The van der Waals surface area contributed by atoms with Crippen molar-refractivity contribution in [2.45, 2.75) is 39.7 Å². The first kappa shape index (κ1) is 15.5. The van der Waals surface area contributed by atoms with Crippen molar-refractivity contribution >= 4 is 33.0 Å². The summed E-state index contributed by atoms with van der Waals surface area (Å²) >= 11 is 5.05. The van der Waals surface area contributed by atoms with Gasteiger partial charge in [0.1, 0.15) is 5.82 Å². The quantitative estimate of drug-likeness (QED) is 0.725. The fourth-order valence-electron chi connectivity index (χ4n) is 1.90. The lowest BCUT2D eigenvalue weighted by Gasteiger charge is -2.15. The topological polar surface area (TPSA) is 12.0 Å². The molecule has 1 nitrogen and oxygen atoms in total. The van der Waals surface area contributed by atoms with Gasteiger partial charge in [-0.1, -0.05) is 20.8 Å². The first-order valence-electron chi connectivity index (χ1n) is 6.56. The molecular formula is C16H19BrFNS. The Balaban J connectivity index is 2.09. The van der Waals surface area contributed by atoms with E-state index in [1.165, 1.54) is 9.75 Å². The first-order chi connectivity index (χ1) is 9.27. The van der Waals surface area contributed by atoms with Crippen LogP contribution < -0.4 is 5.32 Å². The monoisotopic (exact) mass is 355 g/mol. The summed E-state index contributed by atoms with van der Waals surface area (Å²) in [5.41, 5.74) is 2.07. The molecule has 2 rings (SSSR count). The van der Waals surface area contributed by atoms with Gasteiger partial charge in [-0.05, 0) is 58.1 Å². The predicted molar refractivity (Wildman–Crippen MR) is 89.2 cm³/mol. The zero-order valence-electron chi connectivity index (χ0n) is 12.2. The van der Waals surface area contributed by atoms with E-state index in [1.807, 2.05) is 18.3 Å². The second kappa shape index (κ2) is 5.86. The predicted octanol–water partition coefficient (Wildman–Crippen LogP) is 5.87. The summed E-state index contributed by atoms with van der Waals surface area (Å²) in [4.78, 5) is 2.67. The van der Waals surface area contributed by atoms with E-state index in [4.69, 9.17) is 0 Å². The number of benzene rings is 1. The minimum absolute atomic E-state index is 0.192. The molecule has 0 bridgehead atoms. The zero-order valence-corrected chi connectivity index (χ0v) is 14.6. The highest BCUT2D eigenvalue weighted by Gasteiger charge is 2.16. The van der Waals surface area contributed by atoms with E-state index < -0.39 is 0 Å². The second-order valence-corrected chi connectivity index (χ2v) is 7.97. The van der Waals surface area contributed by atoms with Crippen molar-refractivity contribution in [1.82, 2.24) is 0 Å². The maximum absolute atomic E-state index is 13.4. The van der Waals surface area contributed by atoms with Gasteiger partial charge in [-0.25, -0.2) is 4.39 Å².